The van der Waals surface area contributed by atoms with Crippen molar-refractivity contribution in [2.75, 3.05) is 5.75 Å². The third kappa shape index (κ3) is 4.92. The normalized spacial score (nSPS) is 9.53. The first-order valence-corrected chi connectivity index (χ1v) is 5.86. The fraction of sp³-hybridized carbons (Fsp3) is 0.308. The molecular formula is C13H13FO2S. The molecule has 0 heterocycles. The standard InChI is InChI=1S/C13H13FO2S/c14-12-9-10(3-1-2-8-17)4-5-11(12)6-7-13(15)16/h4-5,9,17H,2,6-8H2,(H,15,16). The number of hydrogen-bond acceptors (Lipinski definition) is 2. The topological polar surface area (TPSA) is 37.3 Å². The van der Waals surface area contributed by atoms with Crippen molar-refractivity contribution in [1.29, 1.82) is 0 Å². The minimum Gasteiger partial charge on any atom is -0.481 e. The van der Waals surface area contributed by atoms with Crippen LogP contribution in [0.4, 0.5) is 4.39 Å². The van der Waals surface area contributed by atoms with Gasteiger partial charge in [0, 0.05) is 24.2 Å². The number of carbonyl (C=O) groups is 1. The van der Waals surface area contributed by atoms with Gasteiger partial charge in [-0.2, -0.15) is 12.6 Å². The molecule has 1 aromatic carbocycles. The summed E-state index contributed by atoms with van der Waals surface area (Å²) >= 11 is 4.02. The van der Waals surface area contributed by atoms with Crippen LogP contribution in [0.15, 0.2) is 18.2 Å². The van der Waals surface area contributed by atoms with E-state index in [0.29, 0.717) is 23.3 Å². The molecule has 2 nitrogen and oxygen atoms in total. The lowest BCUT2D eigenvalue weighted by atomic mass is 10.1. The Morgan fingerprint density at radius 1 is 1.47 bits per heavy atom. The van der Waals surface area contributed by atoms with Gasteiger partial charge < -0.3 is 5.11 Å². The first-order chi connectivity index (χ1) is 8.13. The molecule has 0 saturated heterocycles. The summed E-state index contributed by atoms with van der Waals surface area (Å²) in [4.78, 5) is 10.4. The van der Waals surface area contributed by atoms with Gasteiger partial charge in [-0.25, -0.2) is 4.39 Å². The molecule has 1 rings (SSSR count). The lowest BCUT2D eigenvalue weighted by molar-refractivity contribution is -0.136. The molecule has 0 aliphatic rings. The quantitative estimate of drug-likeness (QED) is 0.638. The molecule has 0 aromatic heterocycles. The van der Waals surface area contributed by atoms with Crippen molar-refractivity contribution in [1.82, 2.24) is 0 Å². The molecule has 1 aromatic rings. The summed E-state index contributed by atoms with van der Waals surface area (Å²) in [6.45, 7) is 0. The first kappa shape index (κ1) is 13.6. The number of rotatable bonds is 4. The summed E-state index contributed by atoms with van der Waals surface area (Å²) in [5, 5.41) is 8.51. The largest absolute Gasteiger partial charge is 0.481 e. The highest BCUT2D eigenvalue weighted by molar-refractivity contribution is 7.80. The molecule has 0 saturated carbocycles. The number of aryl methyl sites for hydroxylation is 1. The molecule has 0 spiro atoms. The lowest BCUT2D eigenvalue weighted by Gasteiger charge is -2.01. The van der Waals surface area contributed by atoms with Crippen LogP contribution in [-0.4, -0.2) is 16.8 Å². The van der Waals surface area contributed by atoms with Gasteiger partial charge >= 0.3 is 5.97 Å². The predicted molar refractivity (Wildman–Crippen MR) is 67.7 cm³/mol. The Morgan fingerprint density at radius 2 is 2.24 bits per heavy atom. The third-order valence-electron chi connectivity index (χ3n) is 2.13. The van der Waals surface area contributed by atoms with Crippen LogP contribution in [0.5, 0.6) is 0 Å². The summed E-state index contributed by atoms with van der Waals surface area (Å²) in [6, 6.07) is 4.62. The van der Waals surface area contributed by atoms with E-state index >= 15 is 0 Å². The Bertz CT molecular complexity index is 460. The van der Waals surface area contributed by atoms with E-state index in [1.807, 2.05) is 0 Å². The van der Waals surface area contributed by atoms with E-state index in [-0.39, 0.29) is 12.8 Å². The van der Waals surface area contributed by atoms with Crippen molar-refractivity contribution >= 4 is 18.6 Å². The molecule has 0 radical (unpaired) electrons. The molecule has 0 unspecified atom stereocenters. The monoisotopic (exact) mass is 252 g/mol. The Hall–Kier alpha value is -1.47. The van der Waals surface area contributed by atoms with Crippen molar-refractivity contribution in [3.63, 3.8) is 0 Å². The van der Waals surface area contributed by atoms with E-state index in [2.05, 4.69) is 24.5 Å². The third-order valence-corrected chi connectivity index (χ3v) is 2.35. The number of aliphatic carboxylic acids is 1. The van der Waals surface area contributed by atoms with Gasteiger partial charge in [-0.05, 0) is 24.1 Å². The summed E-state index contributed by atoms with van der Waals surface area (Å²) < 4.78 is 13.5. The zero-order valence-corrected chi connectivity index (χ0v) is 10.1. The second kappa shape index (κ2) is 6.97. The maximum Gasteiger partial charge on any atom is 0.303 e. The van der Waals surface area contributed by atoms with Gasteiger partial charge in [0.25, 0.3) is 0 Å². The van der Waals surface area contributed by atoms with E-state index in [9.17, 15) is 9.18 Å². The summed E-state index contributed by atoms with van der Waals surface area (Å²) in [7, 11) is 0. The maximum atomic E-state index is 13.5. The molecule has 0 aliphatic carbocycles. The van der Waals surface area contributed by atoms with Gasteiger partial charge in [0.2, 0.25) is 0 Å². The molecular weight excluding hydrogens is 239 g/mol. The Balaban J connectivity index is 2.73. The van der Waals surface area contributed by atoms with Crippen molar-refractivity contribution in [2.24, 2.45) is 0 Å². The number of carboxylic acid groups (broad SMARTS) is 1. The Labute approximate surface area is 105 Å². The van der Waals surface area contributed by atoms with Gasteiger partial charge in [-0.1, -0.05) is 17.9 Å². The van der Waals surface area contributed by atoms with Crippen LogP contribution in [0.25, 0.3) is 0 Å². The zero-order valence-electron chi connectivity index (χ0n) is 9.24. The fourth-order valence-electron chi connectivity index (χ4n) is 1.29. The molecule has 0 amide bonds. The molecule has 17 heavy (non-hydrogen) atoms. The van der Waals surface area contributed by atoms with Crippen LogP contribution in [-0.2, 0) is 11.2 Å². The maximum absolute atomic E-state index is 13.5. The van der Waals surface area contributed by atoms with Gasteiger partial charge in [0.1, 0.15) is 5.82 Å². The average Bonchev–Trinajstić information content (AvgIpc) is 2.28. The average molecular weight is 252 g/mol. The van der Waals surface area contributed by atoms with Crippen molar-refractivity contribution < 1.29 is 14.3 Å². The van der Waals surface area contributed by atoms with Gasteiger partial charge in [-0.3, -0.25) is 4.79 Å². The van der Waals surface area contributed by atoms with Crippen molar-refractivity contribution in [3.8, 4) is 11.8 Å². The minimum absolute atomic E-state index is 0.0679. The van der Waals surface area contributed by atoms with Gasteiger partial charge in [0.05, 0.1) is 0 Å². The van der Waals surface area contributed by atoms with Crippen molar-refractivity contribution in [2.45, 2.75) is 19.3 Å². The van der Waals surface area contributed by atoms with Crippen LogP contribution < -0.4 is 0 Å². The fourth-order valence-corrected chi connectivity index (χ4v) is 1.40. The number of benzene rings is 1. The molecule has 1 N–H and O–H groups in total. The zero-order chi connectivity index (χ0) is 12.7. The minimum atomic E-state index is -0.929. The second-order valence-corrected chi connectivity index (χ2v) is 3.92. The number of thiol groups is 1. The molecule has 90 valence electrons. The Kier molecular flexibility index (Phi) is 5.58. The van der Waals surface area contributed by atoms with Crippen LogP contribution in [0.2, 0.25) is 0 Å². The molecule has 4 heteroatoms. The van der Waals surface area contributed by atoms with Crippen LogP contribution in [0.3, 0.4) is 0 Å². The van der Waals surface area contributed by atoms with Gasteiger partial charge in [0.15, 0.2) is 0 Å². The molecule has 0 fully saturated rings. The van der Waals surface area contributed by atoms with E-state index in [1.165, 1.54) is 6.07 Å². The lowest BCUT2D eigenvalue weighted by Crippen LogP contribution is -1.99. The first-order valence-electron chi connectivity index (χ1n) is 5.23. The van der Waals surface area contributed by atoms with E-state index in [1.54, 1.807) is 12.1 Å². The number of halogens is 1. The van der Waals surface area contributed by atoms with Crippen LogP contribution >= 0.6 is 12.6 Å². The van der Waals surface area contributed by atoms with Gasteiger partial charge in [-0.15, -0.1) is 0 Å². The molecule has 0 bridgehead atoms. The SMILES string of the molecule is O=C(O)CCc1ccc(C#CCCS)cc1F. The van der Waals surface area contributed by atoms with E-state index in [0.717, 1.165) is 0 Å². The molecule has 0 atom stereocenters. The summed E-state index contributed by atoms with van der Waals surface area (Å²) in [6.07, 6.45) is 0.790. The number of hydrogen-bond donors (Lipinski definition) is 2. The highest BCUT2D eigenvalue weighted by Crippen LogP contribution is 2.12. The highest BCUT2D eigenvalue weighted by atomic mass is 32.1. The van der Waals surface area contributed by atoms with E-state index in [4.69, 9.17) is 5.11 Å². The van der Waals surface area contributed by atoms with E-state index < -0.39 is 11.8 Å². The van der Waals surface area contributed by atoms with Crippen molar-refractivity contribution in [3.05, 3.63) is 35.1 Å². The summed E-state index contributed by atoms with van der Waals surface area (Å²) in [5.41, 5.74) is 1.01. The van der Waals surface area contributed by atoms with Crippen LogP contribution in [0.1, 0.15) is 24.0 Å². The van der Waals surface area contributed by atoms with Crippen LogP contribution in [0, 0.1) is 17.7 Å². The Morgan fingerprint density at radius 3 is 2.82 bits per heavy atom. The predicted octanol–water partition coefficient (Wildman–Crippen LogP) is 2.51. The second-order valence-electron chi connectivity index (χ2n) is 3.48. The summed E-state index contributed by atoms with van der Waals surface area (Å²) in [5.74, 6) is 5.03. The highest BCUT2D eigenvalue weighted by Gasteiger charge is 2.05. The number of carboxylic acids is 1. The molecule has 0 aliphatic heterocycles. The smallest absolute Gasteiger partial charge is 0.303 e.